The van der Waals surface area contributed by atoms with Gasteiger partial charge in [0, 0.05) is 18.8 Å². The highest BCUT2D eigenvalue weighted by atomic mass is 16.3. The fourth-order valence-electron chi connectivity index (χ4n) is 2.90. The van der Waals surface area contributed by atoms with Crippen molar-refractivity contribution in [3.05, 3.63) is 53.2 Å². The number of amides is 1. The standard InChI is InChI=1S/C19H18N2O2/c1-11-3-5-13(6-4-11)17-16(18(22)20-2)15-9-14(12-7-8-12)10-21-19(15)23-17/h3-6,9-10,12H,7-8H2,1-2H3,(H,20,22). The van der Waals surface area contributed by atoms with Crippen molar-refractivity contribution in [1.82, 2.24) is 10.3 Å². The molecule has 0 atom stereocenters. The van der Waals surface area contributed by atoms with Gasteiger partial charge in [-0.15, -0.1) is 0 Å². The lowest BCUT2D eigenvalue weighted by molar-refractivity contribution is 0.0964. The van der Waals surface area contributed by atoms with Crippen LogP contribution < -0.4 is 5.32 Å². The number of carbonyl (C=O) groups excluding carboxylic acids is 1. The van der Waals surface area contributed by atoms with Gasteiger partial charge in [0.15, 0.2) is 0 Å². The summed E-state index contributed by atoms with van der Waals surface area (Å²) < 4.78 is 5.93. The molecule has 1 N–H and O–H groups in total. The van der Waals surface area contributed by atoms with E-state index in [4.69, 9.17) is 4.42 Å². The third-order valence-corrected chi connectivity index (χ3v) is 4.38. The first-order chi connectivity index (χ1) is 11.2. The molecule has 2 aromatic heterocycles. The van der Waals surface area contributed by atoms with E-state index in [-0.39, 0.29) is 5.91 Å². The smallest absolute Gasteiger partial charge is 0.255 e. The Morgan fingerprint density at radius 1 is 1.26 bits per heavy atom. The number of pyridine rings is 1. The summed E-state index contributed by atoms with van der Waals surface area (Å²) in [6, 6.07) is 10.0. The molecule has 0 aliphatic heterocycles. The van der Waals surface area contributed by atoms with Crippen LogP contribution in [0.1, 0.15) is 40.2 Å². The third-order valence-electron chi connectivity index (χ3n) is 4.38. The summed E-state index contributed by atoms with van der Waals surface area (Å²) in [5.41, 5.74) is 4.34. The van der Waals surface area contributed by atoms with Crippen molar-refractivity contribution in [1.29, 1.82) is 0 Å². The van der Waals surface area contributed by atoms with Crippen LogP contribution in [-0.4, -0.2) is 17.9 Å². The fraction of sp³-hybridized carbons (Fsp3) is 0.263. The van der Waals surface area contributed by atoms with E-state index in [0.29, 0.717) is 23.0 Å². The molecule has 1 fully saturated rings. The monoisotopic (exact) mass is 306 g/mol. The Labute approximate surface area is 134 Å². The topological polar surface area (TPSA) is 55.1 Å². The Hall–Kier alpha value is -2.62. The van der Waals surface area contributed by atoms with Gasteiger partial charge in [0.1, 0.15) is 5.76 Å². The van der Waals surface area contributed by atoms with Crippen LogP contribution in [0.3, 0.4) is 0 Å². The number of rotatable bonds is 3. The second-order valence-electron chi connectivity index (χ2n) is 6.15. The number of carbonyl (C=O) groups is 1. The molecule has 0 radical (unpaired) electrons. The van der Waals surface area contributed by atoms with E-state index < -0.39 is 0 Å². The zero-order chi connectivity index (χ0) is 16.0. The van der Waals surface area contributed by atoms with Crippen LogP contribution in [0.25, 0.3) is 22.4 Å². The second-order valence-corrected chi connectivity index (χ2v) is 6.15. The van der Waals surface area contributed by atoms with E-state index >= 15 is 0 Å². The summed E-state index contributed by atoms with van der Waals surface area (Å²) in [5.74, 6) is 1.02. The van der Waals surface area contributed by atoms with Crippen molar-refractivity contribution < 1.29 is 9.21 Å². The SMILES string of the molecule is CNC(=O)c1c(-c2ccc(C)cc2)oc2ncc(C3CC3)cc12. The van der Waals surface area contributed by atoms with Gasteiger partial charge in [0.05, 0.1) is 10.9 Å². The van der Waals surface area contributed by atoms with Crippen LogP contribution in [0, 0.1) is 6.92 Å². The molecule has 1 amide bonds. The predicted octanol–water partition coefficient (Wildman–Crippen LogP) is 4.04. The number of nitrogens with one attached hydrogen (secondary N) is 1. The van der Waals surface area contributed by atoms with Gasteiger partial charge in [-0.3, -0.25) is 4.79 Å². The van der Waals surface area contributed by atoms with E-state index in [1.807, 2.05) is 37.4 Å². The number of hydrogen-bond acceptors (Lipinski definition) is 3. The predicted molar refractivity (Wildman–Crippen MR) is 89.5 cm³/mol. The Balaban J connectivity index is 1.95. The van der Waals surface area contributed by atoms with E-state index in [0.717, 1.165) is 10.9 Å². The Bertz CT molecular complexity index is 890. The molecule has 1 aliphatic rings. The number of furan rings is 1. The zero-order valence-electron chi connectivity index (χ0n) is 13.2. The Morgan fingerprint density at radius 3 is 2.65 bits per heavy atom. The van der Waals surface area contributed by atoms with Crippen molar-refractivity contribution in [2.24, 2.45) is 0 Å². The van der Waals surface area contributed by atoms with E-state index in [1.54, 1.807) is 7.05 Å². The van der Waals surface area contributed by atoms with Crippen LogP contribution in [-0.2, 0) is 0 Å². The molecule has 1 aromatic carbocycles. The minimum Gasteiger partial charge on any atom is -0.437 e. The van der Waals surface area contributed by atoms with Gasteiger partial charge in [0.2, 0.25) is 5.71 Å². The number of nitrogens with zero attached hydrogens (tertiary/aromatic N) is 1. The molecule has 4 rings (SSSR count). The normalized spacial score (nSPS) is 14.2. The molecule has 116 valence electrons. The maximum absolute atomic E-state index is 12.4. The molecule has 4 heteroatoms. The summed E-state index contributed by atoms with van der Waals surface area (Å²) in [6.07, 6.45) is 4.27. The molecule has 23 heavy (non-hydrogen) atoms. The molecule has 4 nitrogen and oxygen atoms in total. The van der Waals surface area contributed by atoms with Crippen molar-refractivity contribution in [3.8, 4) is 11.3 Å². The number of aromatic nitrogens is 1. The summed E-state index contributed by atoms with van der Waals surface area (Å²) in [6.45, 7) is 2.03. The molecule has 0 spiro atoms. The zero-order valence-corrected chi connectivity index (χ0v) is 13.2. The van der Waals surface area contributed by atoms with Crippen molar-refractivity contribution in [2.75, 3.05) is 7.05 Å². The first-order valence-electron chi connectivity index (χ1n) is 7.89. The summed E-state index contributed by atoms with van der Waals surface area (Å²) in [5, 5.41) is 3.51. The van der Waals surface area contributed by atoms with E-state index in [1.165, 1.54) is 24.0 Å². The molecule has 0 bridgehead atoms. The first-order valence-corrected chi connectivity index (χ1v) is 7.89. The fourth-order valence-corrected chi connectivity index (χ4v) is 2.90. The average Bonchev–Trinajstić information content (AvgIpc) is 3.35. The molecule has 3 aromatic rings. The van der Waals surface area contributed by atoms with Gasteiger partial charge in [0.25, 0.3) is 5.91 Å². The first kappa shape index (κ1) is 14.0. The van der Waals surface area contributed by atoms with E-state index in [2.05, 4.69) is 16.4 Å². The van der Waals surface area contributed by atoms with Crippen LogP contribution in [0.5, 0.6) is 0 Å². The quantitative estimate of drug-likeness (QED) is 0.794. The van der Waals surface area contributed by atoms with E-state index in [9.17, 15) is 4.79 Å². The van der Waals surface area contributed by atoms with Gasteiger partial charge >= 0.3 is 0 Å². The lowest BCUT2D eigenvalue weighted by Gasteiger charge is -2.03. The number of fused-ring (bicyclic) bond motifs is 1. The Morgan fingerprint density at radius 2 is 2.00 bits per heavy atom. The van der Waals surface area contributed by atoms with Gasteiger partial charge in [-0.1, -0.05) is 29.8 Å². The van der Waals surface area contributed by atoms with Crippen molar-refractivity contribution in [3.63, 3.8) is 0 Å². The number of hydrogen-bond donors (Lipinski definition) is 1. The Kier molecular flexibility index (Phi) is 3.18. The highest BCUT2D eigenvalue weighted by Gasteiger charge is 2.27. The second kappa shape index (κ2) is 5.23. The van der Waals surface area contributed by atoms with Crippen LogP contribution in [0.4, 0.5) is 0 Å². The highest BCUT2D eigenvalue weighted by molar-refractivity contribution is 6.10. The minimum atomic E-state index is -0.144. The average molecular weight is 306 g/mol. The molecule has 1 aliphatic carbocycles. The minimum absolute atomic E-state index is 0.144. The lowest BCUT2D eigenvalue weighted by atomic mass is 10.0. The summed E-state index contributed by atoms with van der Waals surface area (Å²) >= 11 is 0. The molecular weight excluding hydrogens is 288 g/mol. The van der Waals surface area contributed by atoms with Crippen LogP contribution in [0.2, 0.25) is 0 Å². The highest BCUT2D eigenvalue weighted by Crippen LogP contribution is 2.42. The number of aryl methyl sites for hydroxylation is 1. The molecular formula is C19H18N2O2. The van der Waals surface area contributed by atoms with Crippen LogP contribution in [0.15, 0.2) is 40.9 Å². The van der Waals surface area contributed by atoms with Crippen molar-refractivity contribution >= 4 is 17.0 Å². The van der Waals surface area contributed by atoms with Crippen LogP contribution >= 0.6 is 0 Å². The summed E-state index contributed by atoms with van der Waals surface area (Å²) in [4.78, 5) is 16.9. The van der Waals surface area contributed by atoms with Gasteiger partial charge in [-0.2, -0.15) is 0 Å². The molecule has 2 heterocycles. The summed E-state index contributed by atoms with van der Waals surface area (Å²) in [7, 11) is 1.64. The maximum Gasteiger partial charge on any atom is 0.255 e. The largest absolute Gasteiger partial charge is 0.437 e. The lowest BCUT2D eigenvalue weighted by Crippen LogP contribution is -2.18. The number of benzene rings is 1. The van der Waals surface area contributed by atoms with Gasteiger partial charge in [-0.25, -0.2) is 4.98 Å². The van der Waals surface area contributed by atoms with Crippen molar-refractivity contribution in [2.45, 2.75) is 25.7 Å². The molecule has 0 saturated heterocycles. The van der Waals surface area contributed by atoms with Gasteiger partial charge < -0.3 is 9.73 Å². The molecule has 0 unspecified atom stereocenters. The van der Waals surface area contributed by atoms with Gasteiger partial charge in [-0.05, 0) is 37.3 Å². The molecule has 1 saturated carbocycles. The maximum atomic E-state index is 12.4. The third kappa shape index (κ3) is 2.40.